The lowest BCUT2D eigenvalue weighted by Crippen LogP contribution is -2.35. The fraction of sp³-hybridized carbons (Fsp3) is 0.333. The molecule has 0 atom stereocenters. The molecule has 44 valence electrons. The van der Waals surface area contributed by atoms with Crippen LogP contribution in [0.15, 0.2) is 0 Å². The Morgan fingerprint density at radius 3 is 2.38 bits per heavy atom. The van der Waals surface area contributed by atoms with E-state index in [9.17, 15) is 9.59 Å². The number of amides is 2. The number of nitrogens with zero attached hydrogens (tertiary/aromatic N) is 1. The molecule has 1 fully saturated rings. The van der Waals surface area contributed by atoms with Gasteiger partial charge in [0.15, 0.2) is 6.61 Å². The molecule has 0 spiro atoms. The van der Waals surface area contributed by atoms with Gasteiger partial charge in [0.1, 0.15) is 0 Å². The number of cyclic esters (lactones) is 1. The molecule has 0 aliphatic carbocycles. The molecule has 5 heteroatoms. The van der Waals surface area contributed by atoms with Crippen molar-refractivity contribution >= 4 is 12.0 Å². The highest BCUT2D eigenvalue weighted by molar-refractivity contribution is 5.96. The van der Waals surface area contributed by atoms with E-state index in [1.54, 1.807) is 0 Å². The van der Waals surface area contributed by atoms with E-state index in [2.05, 4.69) is 4.74 Å². The number of nitrogens with two attached hydrogens (primary N) is 1. The van der Waals surface area contributed by atoms with E-state index in [0.29, 0.717) is 5.01 Å². The lowest BCUT2D eigenvalue weighted by Gasteiger charge is -1.96. The molecule has 0 radical (unpaired) electrons. The minimum absolute atomic E-state index is 0.227. The standard InChI is InChI=1S/C3H4N2O3/c4-5-2(6)1-8-3(5)7/h1,4H2. The van der Waals surface area contributed by atoms with Gasteiger partial charge in [-0.3, -0.25) is 4.79 Å². The van der Waals surface area contributed by atoms with Gasteiger partial charge in [0.05, 0.1) is 0 Å². The Morgan fingerprint density at radius 1 is 1.62 bits per heavy atom. The molecule has 0 aromatic rings. The molecule has 5 nitrogen and oxygen atoms in total. The first kappa shape index (κ1) is 5.04. The van der Waals surface area contributed by atoms with E-state index in [0.717, 1.165) is 0 Å². The van der Waals surface area contributed by atoms with E-state index in [4.69, 9.17) is 5.84 Å². The van der Waals surface area contributed by atoms with Gasteiger partial charge in [0, 0.05) is 0 Å². The molecule has 0 unspecified atom stereocenters. The fourth-order valence-corrected chi connectivity index (χ4v) is 0.364. The molecule has 0 bridgehead atoms. The van der Waals surface area contributed by atoms with Gasteiger partial charge in [0.25, 0.3) is 5.91 Å². The molecule has 1 aliphatic heterocycles. The third-order valence-corrected chi connectivity index (χ3v) is 0.785. The zero-order valence-electron chi connectivity index (χ0n) is 3.96. The van der Waals surface area contributed by atoms with Crippen LogP contribution in [0.2, 0.25) is 0 Å². The molecule has 0 aromatic carbocycles. The summed E-state index contributed by atoms with van der Waals surface area (Å²) in [6.45, 7) is -0.227. The second-order valence-corrected chi connectivity index (χ2v) is 1.32. The fourth-order valence-electron chi connectivity index (χ4n) is 0.364. The van der Waals surface area contributed by atoms with Crippen molar-refractivity contribution in [2.24, 2.45) is 5.84 Å². The molecule has 2 amide bonds. The quantitative estimate of drug-likeness (QED) is 0.320. The summed E-state index contributed by atoms with van der Waals surface area (Å²) in [5.74, 6) is 4.33. The molecule has 1 saturated heterocycles. The third kappa shape index (κ3) is 0.526. The Kier molecular flexibility index (Phi) is 0.911. The summed E-state index contributed by atoms with van der Waals surface area (Å²) < 4.78 is 4.19. The van der Waals surface area contributed by atoms with Gasteiger partial charge < -0.3 is 4.74 Å². The predicted octanol–water partition coefficient (Wildman–Crippen LogP) is -1.16. The van der Waals surface area contributed by atoms with Crippen molar-refractivity contribution < 1.29 is 14.3 Å². The lowest BCUT2D eigenvalue weighted by molar-refractivity contribution is -0.126. The normalized spacial score (nSPS) is 19.4. The smallest absolute Gasteiger partial charge is 0.431 e. The van der Waals surface area contributed by atoms with Crippen LogP contribution in [-0.2, 0) is 9.53 Å². The maximum absolute atomic E-state index is 10.2. The topological polar surface area (TPSA) is 72.6 Å². The molecule has 1 aliphatic rings. The van der Waals surface area contributed by atoms with Crippen LogP contribution in [0.3, 0.4) is 0 Å². The number of imide groups is 1. The highest BCUT2D eigenvalue weighted by Gasteiger charge is 2.27. The van der Waals surface area contributed by atoms with Crippen LogP contribution in [0.1, 0.15) is 0 Å². The maximum atomic E-state index is 10.2. The van der Waals surface area contributed by atoms with Gasteiger partial charge in [-0.15, -0.1) is 0 Å². The summed E-state index contributed by atoms with van der Waals surface area (Å²) in [6, 6.07) is 0. The summed E-state index contributed by atoms with van der Waals surface area (Å²) in [6.07, 6.45) is -0.782. The van der Waals surface area contributed by atoms with Gasteiger partial charge in [-0.2, -0.15) is 5.01 Å². The molecular formula is C3H4N2O3. The van der Waals surface area contributed by atoms with Crippen LogP contribution in [-0.4, -0.2) is 23.6 Å². The minimum atomic E-state index is -0.782. The minimum Gasteiger partial charge on any atom is -0.438 e. The molecule has 1 rings (SSSR count). The van der Waals surface area contributed by atoms with Crippen LogP contribution in [0.5, 0.6) is 0 Å². The first-order chi connectivity index (χ1) is 3.72. The Balaban J connectivity index is 2.70. The predicted molar refractivity (Wildman–Crippen MR) is 22.4 cm³/mol. The Labute approximate surface area is 45.0 Å². The first-order valence-electron chi connectivity index (χ1n) is 1.96. The second-order valence-electron chi connectivity index (χ2n) is 1.32. The summed E-state index contributed by atoms with van der Waals surface area (Å²) in [4.78, 5) is 20.4. The van der Waals surface area contributed by atoms with Gasteiger partial charge in [-0.05, 0) is 0 Å². The number of hydrogen-bond acceptors (Lipinski definition) is 4. The zero-order chi connectivity index (χ0) is 6.15. The van der Waals surface area contributed by atoms with Crippen molar-refractivity contribution in [3.8, 4) is 0 Å². The van der Waals surface area contributed by atoms with Crippen molar-refractivity contribution in [3.63, 3.8) is 0 Å². The van der Waals surface area contributed by atoms with E-state index < -0.39 is 12.0 Å². The molecule has 8 heavy (non-hydrogen) atoms. The van der Waals surface area contributed by atoms with Gasteiger partial charge >= 0.3 is 6.09 Å². The number of rotatable bonds is 0. The zero-order valence-corrected chi connectivity index (χ0v) is 3.96. The number of ether oxygens (including phenoxy) is 1. The number of hydrogen-bond donors (Lipinski definition) is 1. The largest absolute Gasteiger partial charge is 0.438 e. The monoisotopic (exact) mass is 116 g/mol. The van der Waals surface area contributed by atoms with E-state index in [-0.39, 0.29) is 6.61 Å². The first-order valence-corrected chi connectivity index (χ1v) is 1.96. The average Bonchev–Trinajstić information content (AvgIpc) is 1.98. The van der Waals surface area contributed by atoms with Crippen molar-refractivity contribution in [3.05, 3.63) is 0 Å². The number of carbonyl (C=O) groups excluding carboxylic acids is 2. The van der Waals surface area contributed by atoms with Gasteiger partial charge in [0.2, 0.25) is 0 Å². The highest BCUT2D eigenvalue weighted by atomic mass is 16.6. The molecule has 1 heterocycles. The lowest BCUT2D eigenvalue weighted by atomic mass is 10.7. The summed E-state index contributed by atoms with van der Waals surface area (Å²) >= 11 is 0. The Morgan fingerprint density at radius 2 is 2.25 bits per heavy atom. The van der Waals surface area contributed by atoms with Crippen LogP contribution in [0.25, 0.3) is 0 Å². The van der Waals surface area contributed by atoms with Crippen LogP contribution in [0.4, 0.5) is 4.79 Å². The maximum Gasteiger partial charge on any atom is 0.431 e. The van der Waals surface area contributed by atoms with Crippen LogP contribution >= 0.6 is 0 Å². The molecular weight excluding hydrogens is 112 g/mol. The van der Waals surface area contributed by atoms with Gasteiger partial charge in [-0.25, -0.2) is 10.6 Å². The Hall–Kier alpha value is -1.10. The van der Waals surface area contributed by atoms with Crippen molar-refractivity contribution in [1.29, 1.82) is 0 Å². The third-order valence-electron chi connectivity index (χ3n) is 0.785. The number of carbonyl (C=O) groups is 2. The Bertz CT molecular complexity index is 127. The number of hydrazine groups is 1. The van der Waals surface area contributed by atoms with Crippen LogP contribution in [0, 0.1) is 0 Å². The molecule has 0 saturated carbocycles. The summed E-state index contributed by atoms with van der Waals surface area (Å²) in [5.41, 5.74) is 0. The van der Waals surface area contributed by atoms with E-state index >= 15 is 0 Å². The molecule has 0 aromatic heterocycles. The van der Waals surface area contributed by atoms with E-state index in [1.807, 2.05) is 0 Å². The summed E-state index contributed by atoms with van der Waals surface area (Å²) in [7, 11) is 0. The van der Waals surface area contributed by atoms with Crippen molar-refractivity contribution in [2.45, 2.75) is 0 Å². The van der Waals surface area contributed by atoms with Crippen LogP contribution < -0.4 is 5.84 Å². The molecule has 2 N–H and O–H groups in total. The highest BCUT2D eigenvalue weighted by Crippen LogP contribution is 1.96. The van der Waals surface area contributed by atoms with Crippen molar-refractivity contribution in [2.75, 3.05) is 6.61 Å². The van der Waals surface area contributed by atoms with E-state index in [1.165, 1.54) is 0 Å². The van der Waals surface area contributed by atoms with Crippen molar-refractivity contribution in [1.82, 2.24) is 5.01 Å². The SMILES string of the molecule is NN1C(=O)COC1=O. The average molecular weight is 116 g/mol. The van der Waals surface area contributed by atoms with Gasteiger partial charge in [-0.1, -0.05) is 0 Å². The summed E-state index contributed by atoms with van der Waals surface area (Å²) in [5, 5.41) is 0.444. The second kappa shape index (κ2) is 1.45.